The number of hydrogen-bond acceptors (Lipinski definition) is 3. The SMILES string of the molecule is CN(C)c1ccccc1NC1CC2CCC(C1)N2C. The van der Waals surface area contributed by atoms with Gasteiger partial charge in [-0.05, 0) is 44.9 Å². The maximum Gasteiger partial charge on any atom is 0.0596 e. The quantitative estimate of drug-likeness (QED) is 0.900. The first-order valence-electron chi connectivity index (χ1n) is 7.40. The highest BCUT2D eigenvalue weighted by molar-refractivity contribution is 5.69. The third-order valence-electron chi connectivity index (χ3n) is 4.84. The molecule has 2 unspecified atom stereocenters. The lowest BCUT2D eigenvalue weighted by atomic mass is 9.97. The zero-order chi connectivity index (χ0) is 13.4. The van der Waals surface area contributed by atoms with Crippen molar-refractivity contribution in [2.24, 2.45) is 0 Å². The highest BCUT2D eigenvalue weighted by atomic mass is 15.2. The van der Waals surface area contributed by atoms with Crippen molar-refractivity contribution < 1.29 is 0 Å². The number of benzene rings is 1. The average molecular weight is 259 g/mol. The normalized spacial score (nSPS) is 30.4. The maximum absolute atomic E-state index is 3.78. The van der Waals surface area contributed by atoms with Gasteiger partial charge in [-0.25, -0.2) is 0 Å². The molecule has 2 aliphatic heterocycles. The number of anilines is 2. The molecule has 1 aromatic rings. The number of piperidine rings is 1. The minimum atomic E-state index is 0.634. The Kier molecular flexibility index (Phi) is 3.40. The van der Waals surface area contributed by atoms with Crippen LogP contribution < -0.4 is 10.2 Å². The van der Waals surface area contributed by atoms with Gasteiger partial charge >= 0.3 is 0 Å². The molecule has 0 amide bonds. The topological polar surface area (TPSA) is 18.5 Å². The Morgan fingerprint density at radius 3 is 2.37 bits per heavy atom. The Morgan fingerprint density at radius 1 is 1.11 bits per heavy atom. The second-order valence-corrected chi connectivity index (χ2v) is 6.27. The molecule has 19 heavy (non-hydrogen) atoms. The summed E-state index contributed by atoms with van der Waals surface area (Å²) in [6.45, 7) is 0. The smallest absolute Gasteiger partial charge is 0.0596 e. The number of fused-ring (bicyclic) bond motifs is 2. The van der Waals surface area contributed by atoms with Crippen LogP contribution in [0.1, 0.15) is 25.7 Å². The average Bonchev–Trinajstić information content (AvgIpc) is 2.63. The van der Waals surface area contributed by atoms with Crippen LogP contribution in [-0.2, 0) is 0 Å². The molecule has 2 atom stereocenters. The molecule has 2 aliphatic rings. The van der Waals surface area contributed by atoms with Gasteiger partial charge in [0.2, 0.25) is 0 Å². The molecule has 1 aromatic carbocycles. The Balaban J connectivity index is 1.73. The molecule has 0 aliphatic carbocycles. The molecule has 2 heterocycles. The number of rotatable bonds is 3. The summed E-state index contributed by atoms with van der Waals surface area (Å²) in [5.74, 6) is 0. The summed E-state index contributed by atoms with van der Waals surface area (Å²) in [5.41, 5.74) is 2.57. The van der Waals surface area contributed by atoms with Gasteiger partial charge in [-0.3, -0.25) is 0 Å². The first-order chi connectivity index (χ1) is 9.15. The number of para-hydroxylation sites is 2. The van der Waals surface area contributed by atoms with Crippen LogP contribution in [0.4, 0.5) is 11.4 Å². The summed E-state index contributed by atoms with van der Waals surface area (Å²) >= 11 is 0. The van der Waals surface area contributed by atoms with Gasteiger partial charge in [0.1, 0.15) is 0 Å². The summed E-state index contributed by atoms with van der Waals surface area (Å²) in [6, 6.07) is 10.8. The van der Waals surface area contributed by atoms with Crippen LogP contribution in [0, 0.1) is 0 Å². The summed E-state index contributed by atoms with van der Waals surface area (Å²) in [5, 5.41) is 3.78. The van der Waals surface area contributed by atoms with E-state index in [-0.39, 0.29) is 0 Å². The molecule has 0 radical (unpaired) electrons. The minimum Gasteiger partial charge on any atom is -0.381 e. The van der Waals surface area contributed by atoms with Gasteiger partial charge in [-0.1, -0.05) is 12.1 Å². The zero-order valence-electron chi connectivity index (χ0n) is 12.3. The highest BCUT2D eigenvalue weighted by Gasteiger charge is 2.38. The Morgan fingerprint density at radius 2 is 1.74 bits per heavy atom. The van der Waals surface area contributed by atoms with Crippen molar-refractivity contribution in [2.45, 2.75) is 43.8 Å². The van der Waals surface area contributed by atoms with E-state index in [9.17, 15) is 0 Å². The molecule has 0 saturated carbocycles. The fraction of sp³-hybridized carbons (Fsp3) is 0.625. The van der Waals surface area contributed by atoms with Crippen LogP contribution in [0.2, 0.25) is 0 Å². The van der Waals surface area contributed by atoms with Crippen molar-refractivity contribution in [3.05, 3.63) is 24.3 Å². The molecule has 2 fully saturated rings. The zero-order valence-corrected chi connectivity index (χ0v) is 12.3. The minimum absolute atomic E-state index is 0.634. The van der Waals surface area contributed by atoms with Crippen LogP contribution in [0.15, 0.2) is 24.3 Å². The van der Waals surface area contributed by atoms with E-state index in [0.29, 0.717) is 6.04 Å². The molecular formula is C16H25N3. The second-order valence-electron chi connectivity index (χ2n) is 6.27. The van der Waals surface area contributed by atoms with Gasteiger partial charge < -0.3 is 15.1 Å². The van der Waals surface area contributed by atoms with Gasteiger partial charge in [0.05, 0.1) is 11.4 Å². The van der Waals surface area contributed by atoms with Gasteiger partial charge in [0, 0.05) is 32.2 Å². The second kappa shape index (κ2) is 5.04. The van der Waals surface area contributed by atoms with Crippen LogP contribution >= 0.6 is 0 Å². The van der Waals surface area contributed by atoms with Gasteiger partial charge in [0.25, 0.3) is 0 Å². The standard InChI is InChI=1S/C16H25N3/c1-18(2)16-7-5-4-6-15(16)17-12-10-13-8-9-14(11-12)19(13)3/h4-7,12-14,17H,8-11H2,1-3H3. The van der Waals surface area contributed by atoms with Crippen LogP contribution in [0.3, 0.4) is 0 Å². The fourth-order valence-corrected chi connectivity index (χ4v) is 3.73. The van der Waals surface area contributed by atoms with Crippen molar-refractivity contribution >= 4 is 11.4 Å². The van der Waals surface area contributed by atoms with Gasteiger partial charge in [0.15, 0.2) is 0 Å². The summed E-state index contributed by atoms with van der Waals surface area (Å²) < 4.78 is 0. The lowest BCUT2D eigenvalue weighted by Gasteiger charge is -2.37. The largest absolute Gasteiger partial charge is 0.381 e. The van der Waals surface area contributed by atoms with Crippen LogP contribution in [0.25, 0.3) is 0 Å². The maximum atomic E-state index is 3.78. The molecule has 104 valence electrons. The fourth-order valence-electron chi connectivity index (χ4n) is 3.73. The number of nitrogens with zero attached hydrogens (tertiary/aromatic N) is 2. The van der Waals surface area contributed by atoms with E-state index in [4.69, 9.17) is 0 Å². The molecule has 2 saturated heterocycles. The number of nitrogens with one attached hydrogen (secondary N) is 1. The molecule has 3 rings (SSSR count). The monoisotopic (exact) mass is 259 g/mol. The Labute approximate surface area is 116 Å². The van der Waals surface area contributed by atoms with E-state index >= 15 is 0 Å². The molecule has 2 bridgehead atoms. The van der Waals surface area contributed by atoms with Crippen molar-refractivity contribution in [3.63, 3.8) is 0 Å². The van der Waals surface area contributed by atoms with Crippen molar-refractivity contribution in [1.29, 1.82) is 0 Å². The predicted molar refractivity (Wildman–Crippen MR) is 82.0 cm³/mol. The molecular weight excluding hydrogens is 234 g/mol. The summed E-state index contributed by atoms with van der Waals surface area (Å²) in [4.78, 5) is 4.78. The third-order valence-corrected chi connectivity index (χ3v) is 4.84. The molecule has 0 spiro atoms. The molecule has 0 aromatic heterocycles. The van der Waals surface area contributed by atoms with Crippen molar-refractivity contribution in [3.8, 4) is 0 Å². The van der Waals surface area contributed by atoms with E-state index in [2.05, 4.69) is 60.5 Å². The Bertz CT molecular complexity index is 429. The number of hydrogen-bond donors (Lipinski definition) is 1. The lowest BCUT2D eigenvalue weighted by molar-refractivity contribution is 0.169. The molecule has 3 nitrogen and oxygen atoms in total. The summed E-state index contributed by atoms with van der Waals surface area (Å²) in [6.07, 6.45) is 5.34. The van der Waals surface area contributed by atoms with Gasteiger partial charge in [-0.2, -0.15) is 0 Å². The molecule has 3 heteroatoms. The first-order valence-corrected chi connectivity index (χ1v) is 7.40. The third kappa shape index (κ3) is 2.44. The summed E-state index contributed by atoms with van der Waals surface area (Å²) in [7, 11) is 6.52. The van der Waals surface area contributed by atoms with E-state index in [1.165, 1.54) is 37.1 Å². The Hall–Kier alpha value is -1.22. The van der Waals surface area contributed by atoms with E-state index in [1.54, 1.807) is 0 Å². The predicted octanol–water partition coefficient (Wildman–Crippen LogP) is 2.79. The van der Waals surface area contributed by atoms with Crippen LogP contribution in [0.5, 0.6) is 0 Å². The first kappa shape index (κ1) is 12.8. The lowest BCUT2D eigenvalue weighted by Crippen LogP contribution is -2.44. The van der Waals surface area contributed by atoms with E-state index in [0.717, 1.165) is 12.1 Å². The van der Waals surface area contributed by atoms with E-state index < -0.39 is 0 Å². The highest BCUT2D eigenvalue weighted by Crippen LogP contribution is 2.36. The van der Waals surface area contributed by atoms with Crippen LogP contribution in [-0.4, -0.2) is 44.2 Å². The van der Waals surface area contributed by atoms with Crippen molar-refractivity contribution in [2.75, 3.05) is 31.4 Å². The van der Waals surface area contributed by atoms with E-state index in [1.807, 2.05) is 0 Å². The molecule has 1 N–H and O–H groups in total. The van der Waals surface area contributed by atoms with Crippen molar-refractivity contribution in [1.82, 2.24) is 4.90 Å². The van der Waals surface area contributed by atoms with Gasteiger partial charge in [-0.15, -0.1) is 0 Å².